The fourth-order valence-electron chi connectivity index (χ4n) is 3.38. The number of carbonyl (C=O) groups excluding carboxylic acids is 1. The predicted molar refractivity (Wildman–Crippen MR) is 108 cm³/mol. The largest absolute Gasteiger partial charge is 0.494 e. The van der Waals surface area contributed by atoms with E-state index in [9.17, 15) is 4.79 Å². The number of hydrogen-bond donors (Lipinski definition) is 1. The van der Waals surface area contributed by atoms with Gasteiger partial charge in [-0.1, -0.05) is 12.1 Å². The second-order valence-electron chi connectivity index (χ2n) is 7.09. The summed E-state index contributed by atoms with van der Waals surface area (Å²) in [5.41, 5.74) is 1.58. The number of rotatable bonds is 9. The van der Waals surface area contributed by atoms with Crippen molar-refractivity contribution in [3.63, 3.8) is 0 Å². The van der Waals surface area contributed by atoms with Gasteiger partial charge in [-0.25, -0.2) is 4.79 Å². The number of hydrogen-bond acceptors (Lipinski definition) is 4. The molecule has 5 nitrogen and oxygen atoms in total. The Labute approximate surface area is 167 Å². The van der Waals surface area contributed by atoms with E-state index in [2.05, 4.69) is 0 Å². The molecule has 1 saturated heterocycles. The minimum atomic E-state index is -0.254. The molecule has 2 aromatic carbocycles. The van der Waals surface area contributed by atoms with Crippen LogP contribution in [0.25, 0.3) is 0 Å². The van der Waals surface area contributed by atoms with Crippen molar-refractivity contribution in [3.8, 4) is 11.5 Å². The normalized spacial score (nSPS) is 14.5. The Morgan fingerprint density at radius 2 is 1.54 bits per heavy atom. The van der Waals surface area contributed by atoms with Crippen LogP contribution in [0.2, 0.25) is 0 Å². The van der Waals surface area contributed by atoms with Gasteiger partial charge in [0.25, 0.3) is 0 Å². The first-order valence-corrected chi connectivity index (χ1v) is 10.2. The van der Waals surface area contributed by atoms with Gasteiger partial charge in [-0.3, -0.25) is 0 Å². The molecule has 0 amide bonds. The van der Waals surface area contributed by atoms with E-state index in [1.807, 2.05) is 43.3 Å². The molecule has 1 heterocycles. The highest BCUT2D eigenvalue weighted by molar-refractivity contribution is 5.89. The second-order valence-corrected chi connectivity index (χ2v) is 7.09. The first kappa shape index (κ1) is 20.2. The number of likely N-dealkylation sites (tertiary alicyclic amines) is 1. The van der Waals surface area contributed by atoms with E-state index in [1.54, 1.807) is 17.0 Å². The molecule has 0 spiro atoms. The van der Waals surface area contributed by atoms with E-state index in [0.717, 1.165) is 23.6 Å². The van der Waals surface area contributed by atoms with Gasteiger partial charge in [0.05, 0.1) is 25.3 Å². The molecule has 0 aliphatic carbocycles. The van der Waals surface area contributed by atoms with Gasteiger partial charge in [0.1, 0.15) is 31.3 Å². The van der Waals surface area contributed by atoms with Gasteiger partial charge < -0.3 is 19.1 Å². The molecule has 0 bridgehead atoms. The lowest BCUT2D eigenvalue weighted by Crippen LogP contribution is -3.13. The zero-order valence-electron chi connectivity index (χ0n) is 16.6. The summed E-state index contributed by atoms with van der Waals surface area (Å²) in [6.07, 6.45) is 3.89. The Hall–Kier alpha value is -2.53. The fraction of sp³-hybridized carbons (Fsp3) is 0.435. The zero-order valence-corrected chi connectivity index (χ0v) is 16.6. The van der Waals surface area contributed by atoms with E-state index >= 15 is 0 Å². The van der Waals surface area contributed by atoms with Crippen LogP contribution in [0.5, 0.6) is 11.5 Å². The molecular weight excluding hydrogens is 354 g/mol. The Kier molecular flexibility index (Phi) is 7.73. The Morgan fingerprint density at radius 1 is 0.893 bits per heavy atom. The topological polar surface area (TPSA) is 49.2 Å². The molecule has 1 N–H and O–H groups in total. The van der Waals surface area contributed by atoms with Gasteiger partial charge in [0, 0.05) is 0 Å². The highest BCUT2D eigenvalue weighted by Crippen LogP contribution is 2.18. The van der Waals surface area contributed by atoms with Crippen LogP contribution in [0.1, 0.15) is 42.1 Å². The van der Waals surface area contributed by atoms with Crippen LogP contribution in [-0.2, 0) is 11.3 Å². The minimum Gasteiger partial charge on any atom is -0.494 e. The van der Waals surface area contributed by atoms with Gasteiger partial charge in [-0.05, 0) is 68.1 Å². The summed E-state index contributed by atoms with van der Waals surface area (Å²) >= 11 is 0. The van der Waals surface area contributed by atoms with Gasteiger partial charge >= 0.3 is 5.97 Å². The summed E-state index contributed by atoms with van der Waals surface area (Å²) in [6.45, 7) is 6.83. The van der Waals surface area contributed by atoms with E-state index in [-0.39, 0.29) is 5.97 Å². The summed E-state index contributed by atoms with van der Waals surface area (Å²) in [5.74, 6) is 1.36. The second kappa shape index (κ2) is 10.7. The number of quaternary nitrogens is 1. The quantitative estimate of drug-likeness (QED) is 0.676. The first-order valence-electron chi connectivity index (χ1n) is 10.2. The molecule has 3 rings (SSSR count). The summed E-state index contributed by atoms with van der Waals surface area (Å²) in [7, 11) is 0. The van der Waals surface area contributed by atoms with Gasteiger partial charge in [0.15, 0.2) is 0 Å². The molecule has 28 heavy (non-hydrogen) atoms. The average Bonchev–Trinajstić information content (AvgIpc) is 2.74. The monoisotopic (exact) mass is 384 g/mol. The van der Waals surface area contributed by atoms with Crippen molar-refractivity contribution >= 4 is 5.97 Å². The van der Waals surface area contributed by atoms with E-state index < -0.39 is 0 Å². The van der Waals surface area contributed by atoms with Crippen LogP contribution < -0.4 is 14.4 Å². The Balaban J connectivity index is 1.41. The van der Waals surface area contributed by atoms with Crippen LogP contribution in [0.3, 0.4) is 0 Å². The molecule has 1 aliphatic rings. The molecule has 5 heteroatoms. The lowest BCUT2D eigenvalue weighted by molar-refractivity contribution is -0.905. The summed E-state index contributed by atoms with van der Waals surface area (Å²) < 4.78 is 16.6. The standard InChI is InChI=1S/C23H29NO4/c1-2-26-21-10-12-22(13-11-21)28-18-19-6-8-20(9-7-19)23(25)27-17-16-24-14-4-3-5-15-24/h6-13H,2-5,14-18H2,1H3/p+1. The smallest absolute Gasteiger partial charge is 0.338 e. The maximum absolute atomic E-state index is 12.2. The lowest BCUT2D eigenvalue weighted by Gasteiger charge is -2.23. The van der Waals surface area contributed by atoms with Gasteiger partial charge in [0.2, 0.25) is 0 Å². The fourth-order valence-corrected chi connectivity index (χ4v) is 3.38. The number of piperidine rings is 1. The highest BCUT2D eigenvalue weighted by Gasteiger charge is 2.14. The predicted octanol–water partition coefficient (Wildman–Crippen LogP) is 2.89. The number of ether oxygens (including phenoxy) is 3. The number of benzene rings is 2. The maximum Gasteiger partial charge on any atom is 0.338 e. The average molecular weight is 384 g/mol. The van der Waals surface area contributed by atoms with Gasteiger partial charge in [-0.15, -0.1) is 0 Å². The van der Waals surface area contributed by atoms with E-state index in [1.165, 1.54) is 32.4 Å². The number of esters is 1. The van der Waals surface area contributed by atoms with Crippen molar-refractivity contribution in [2.24, 2.45) is 0 Å². The van der Waals surface area contributed by atoms with Crippen LogP contribution in [0, 0.1) is 0 Å². The minimum absolute atomic E-state index is 0.254. The van der Waals surface area contributed by atoms with Gasteiger partial charge in [-0.2, -0.15) is 0 Å². The summed E-state index contributed by atoms with van der Waals surface area (Å²) in [6, 6.07) is 15.0. The molecule has 1 aliphatic heterocycles. The third-order valence-corrected chi connectivity index (χ3v) is 4.98. The number of nitrogens with one attached hydrogen (secondary N) is 1. The van der Waals surface area contributed by atoms with Crippen molar-refractivity contribution in [3.05, 3.63) is 59.7 Å². The Morgan fingerprint density at radius 3 is 2.18 bits per heavy atom. The van der Waals surface area contributed by atoms with E-state index in [0.29, 0.717) is 25.4 Å². The molecule has 0 aromatic heterocycles. The molecular formula is C23H30NO4+. The van der Waals surface area contributed by atoms with Crippen molar-refractivity contribution < 1.29 is 23.9 Å². The van der Waals surface area contributed by atoms with Crippen LogP contribution >= 0.6 is 0 Å². The molecule has 150 valence electrons. The number of carbonyl (C=O) groups is 1. The van der Waals surface area contributed by atoms with Crippen molar-refractivity contribution in [1.29, 1.82) is 0 Å². The molecule has 0 atom stereocenters. The van der Waals surface area contributed by atoms with E-state index in [4.69, 9.17) is 14.2 Å². The van der Waals surface area contributed by atoms with Crippen molar-refractivity contribution in [2.45, 2.75) is 32.8 Å². The summed E-state index contributed by atoms with van der Waals surface area (Å²) in [4.78, 5) is 13.7. The molecule has 0 radical (unpaired) electrons. The Bertz CT molecular complexity index is 721. The van der Waals surface area contributed by atoms with Crippen molar-refractivity contribution in [1.82, 2.24) is 0 Å². The molecule has 1 fully saturated rings. The SMILES string of the molecule is CCOc1ccc(OCc2ccc(C(=O)OCC[NH+]3CCCCC3)cc2)cc1. The third kappa shape index (κ3) is 6.27. The molecule has 0 unspecified atom stereocenters. The molecule has 0 saturated carbocycles. The third-order valence-electron chi connectivity index (χ3n) is 4.98. The molecule has 2 aromatic rings. The van der Waals surface area contributed by atoms with Crippen LogP contribution in [-0.4, -0.2) is 38.8 Å². The first-order chi connectivity index (χ1) is 13.7. The summed E-state index contributed by atoms with van der Waals surface area (Å²) in [5, 5.41) is 0. The van der Waals surface area contributed by atoms with Crippen LogP contribution in [0.15, 0.2) is 48.5 Å². The highest BCUT2D eigenvalue weighted by atomic mass is 16.5. The lowest BCUT2D eigenvalue weighted by atomic mass is 10.1. The van der Waals surface area contributed by atoms with Crippen molar-refractivity contribution in [2.75, 3.05) is 32.8 Å². The maximum atomic E-state index is 12.2. The zero-order chi connectivity index (χ0) is 19.6. The van der Waals surface area contributed by atoms with Crippen LogP contribution in [0.4, 0.5) is 0 Å².